The largest absolute Gasteiger partial charge is 0.311 e. The van der Waals surface area contributed by atoms with E-state index in [9.17, 15) is 0 Å². The van der Waals surface area contributed by atoms with Crippen molar-refractivity contribution in [1.29, 1.82) is 0 Å². The number of nitrogens with zero attached hydrogens (tertiary/aromatic N) is 1. The second-order valence-corrected chi connectivity index (χ2v) is 5.85. The van der Waals surface area contributed by atoms with Gasteiger partial charge in [-0.2, -0.15) is 0 Å². The molecule has 1 N–H and O–H groups in total. The smallest absolute Gasteiger partial charge is 0.0981 e. The van der Waals surface area contributed by atoms with Crippen LogP contribution in [0.15, 0.2) is 6.20 Å². The van der Waals surface area contributed by atoms with Crippen LogP contribution in [-0.2, 0) is 12.0 Å². The SMILES string of the molecule is CC#CCCNCc1cnc(C(C)(C)C)s1. The lowest BCUT2D eigenvalue weighted by molar-refractivity contribution is 0.585. The lowest BCUT2D eigenvalue weighted by Crippen LogP contribution is -2.13. The molecule has 0 atom stereocenters. The van der Waals surface area contributed by atoms with E-state index in [4.69, 9.17) is 0 Å². The predicted octanol–water partition coefficient (Wildman–Crippen LogP) is 2.94. The van der Waals surface area contributed by atoms with E-state index in [-0.39, 0.29) is 5.41 Å². The summed E-state index contributed by atoms with van der Waals surface area (Å²) in [7, 11) is 0. The van der Waals surface area contributed by atoms with Crippen molar-refractivity contribution in [2.45, 2.75) is 46.1 Å². The van der Waals surface area contributed by atoms with Gasteiger partial charge in [0.25, 0.3) is 0 Å². The normalized spacial score (nSPS) is 11.0. The zero-order valence-electron chi connectivity index (χ0n) is 10.6. The third-order valence-corrected chi connectivity index (χ3v) is 3.52. The van der Waals surface area contributed by atoms with E-state index in [1.807, 2.05) is 13.1 Å². The van der Waals surface area contributed by atoms with Crippen LogP contribution < -0.4 is 5.32 Å². The van der Waals surface area contributed by atoms with Crippen LogP contribution in [0.3, 0.4) is 0 Å². The lowest BCUT2D eigenvalue weighted by Gasteiger charge is -2.13. The quantitative estimate of drug-likeness (QED) is 0.642. The van der Waals surface area contributed by atoms with Gasteiger partial charge in [0.15, 0.2) is 0 Å². The zero-order chi connectivity index (χ0) is 12.0. The molecule has 16 heavy (non-hydrogen) atoms. The van der Waals surface area contributed by atoms with Crippen molar-refractivity contribution < 1.29 is 0 Å². The van der Waals surface area contributed by atoms with Gasteiger partial charge >= 0.3 is 0 Å². The number of thiazole rings is 1. The fourth-order valence-electron chi connectivity index (χ4n) is 1.22. The number of nitrogens with one attached hydrogen (secondary N) is 1. The monoisotopic (exact) mass is 236 g/mol. The zero-order valence-corrected chi connectivity index (χ0v) is 11.4. The molecule has 0 amide bonds. The fourth-order valence-corrected chi connectivity index (χ4v) is 2.16. The molecule has 88 valence electrons. The maximum absolute atomic E-state index is 4.45. The molecule has 1 rings (SSSR count). The van der Waals surface area contributed by atoms with Gasteiger partial charge in [0.2, 0.25) is 0 Å². The highest BCUT2D eigenvalue weighted by Gasteiger charge is 2.17. The molecule has 0 unspecified atom stereocenters. The summed E-state index contributed by atoms with van der Waals surface area (Å²) in [6.07, 6.45) is 2.89. The molecule has 3 heteroatoms. The van der Waals surface area contributed by atoms with E-state index in [2.05, 4.69) is 42.9 Å². The standard InChI is InChI=1S/C13H20N2S/c1-5-6-7-8-14-9-11-10-15-12(16-11)13(2,3)4/h10,14H,7-9H2,1-4H3. The Morgan fingerprint density at radius 2 is 2.19 bits per heavy atom. The summed E-state index contributed by atoms with van der Waals surface area (Å²) in [5.41, 5.74) is 0.163. The van der Waals surface area contributed by atoms with Crippen molar-refractivity contribution in [2.24, 2.45) is 0 Å². The highest BCUT2D eigenvalue weighted by Crippen LogP contribution is 2.26. The van der Waals surface area contributed by atoms with Crippen LogP contribution in [0.5, 0.6) is 0 Å². The van der Waals surface area contributed by atoms with Crippen molar-refractivity contribution >= 4 is 11.3 Å². The van der Waals surface area contributed by atoms with Gasteiger partial charge < -0.3 is 5.32 Å². The Labute approximate surface area is 102 Å². The van der Waals surface area contributed by atoms with E-state index in [1.165, 1.54) is 9.88 Å². The van der Waals surface area contributed by atoms with Crippen LogP contribution in [0.2, 0.25) is 0 Å². The number of hydrogen-bond acceptors (Lipinski definition) is 3. The molecular weight excluding hydrogens is 216 g/mol. The fraction of sp³-hybridized carbons (Fsp3) is 0.615. The van der Waals surface area contributed by atoms with Gasteiger partial charge in [-0.25, -0.2) is 4.98 Å². The van der Waals surface area contributed by atoms with Gasteiger partial charge in [-0.05, 0) is 6.92 Å². The van der Waals surface area contributed by atoms with Gasteiger partial charge in [0.1, 0.15) is 0 Å². The summed E-state index contributed by atoms with van der Waals surface area (Å²) in [6.45, 7) is 10.3. The number of hydrogen-bond donors (Lipinski definition) is 1. The minimum Gasteiger partial charge on any atom is -0.311 e. The summed E-state index contributed by atoms with van der Waals surface area (Å²) in [4.78, 5) is 5.75. The Morgan fingerprint density at radius 1 is 1.44 bits per heavy atom. The van der Waals surface area contributed by atoms with E-state index >= 15 is 0 Å². The van der Waals surface area contributed by atoms with Crippen molar-refractivity contribution in [3.05, 3.63) is 16.1 Å². The Bertz CT molecular complexity index is 377. The molecular formula is C13H20N2S. The van der Waals surface area contributed by atoms with Gasteiger partial charge in [-0.15, -0.1) is 23.2 Å². The van der Waals surface area contributed by atoms with Crippen molar-refractivity contribution in [2.75, 3.05) is 6.54 Å². The van der Waals surface area contributed by atoms with Crippen LogP contribution in [0.4, 0.5) is 0 Å². The number of rotatable bonds is 4. The number of aromatic nitrogens is 1. The topological polar surface area (TPSA) is 24.9 Å². The maximum Gasteiger partial charge on any atom is 0.0981 e. The molecule has 0 bridgehead atoms. The van der Waals surface area contributed by atoms with E-state index in [1.54, 1.807) is 11.3 Å². The first-order valence-electron chi connectivity index (χ1n) is 5.59. The average Bonchev–Trinajstić information content (AvgIpc) is 2.65. The third kappa shape index (κ3) is 4.34. The van der Waals surface area contributed by atoms with Crippen LogP contribution in [0.25, 0.3) is 0 Å². The Hall–Kier alpha value is -0.850. The summed E-state index contributed by atoms with van der Waals surface area (Å²) in [5.74, 6) is 5.93. The Balaban J connectivity index is 2.37. The van der Waals surface area contributed by atoms with Crippen LogP contribution in [0.1, 0.15) is 44.0 Å². The third-order valence-electron chi connectivity index (χ3n) is 2.10. The molecule has 2 nitrogen and oxygen atoms in total. The molecule has 0 aliphatic heterocycles. The summed E-state index contributed by atoms with van der Waals surface area (Å²) in [6, 6.07) is 0. The molecule has 1 heterocycles. The summed E-state index contributed by atoms with van der Waals surface area (Å²) >= 11 is 1.79. The molecule has 1 aromatic rings. The minimum absolute atomic E-state index is 0.163. The molecule has 0 aliphatic rings. The Kier molecular flexibility index (Phi) is 4.98. The van der Waals surface area contributed by atoms with Crippen LogP contribution in [0, 0.1) is 11.8 Å². The molecule has 0 saturated carbocycles. The molecule has 0 spiro atoms. The summed E-state index contributed by atoms with van der Waals surface area (Å²) in [5, 5.41) is 4.58. The highest BCUT2D eigenvalue weighted by atomic mass is 32.1. The molecule has 0 saturated heterocycles. The average molecular weight is 236 g/mol. The maximum atomic E-state index is 4.45. The first-order chi connectivity index (χ1) is 7.54. The lowest BCUT2D eigenvalue weighted by atomic mass is 9.98. The van der Waals surface area contributed by atoms with Crippen LogP contribution >= 0.6 is 11.3 Å². The van der Waals surface area contributed by atoms with Crippen molar-refractivity contribution in [3.8, 4) is 11.8 Å². The van der Waals surface area contributed by atoms with Crippen molar-refractivity contribution in [1.82, 2.24) is 10.3 Å². The molecule has 0 aliphatic carbocycles. The minimum atomic E-state index is 0.163. The second kappa shape index (κ2) is 6.03. The molecule has 1 aromatic heterocycles. The van der Waals surface area contributed by atoms with E-state index in [0.29, 0.717) is 0 Å². The van der Waals surface area contributed by atoms with Gasteiger partial charge in [-0.3, -0.25) is 0 Å². The van der Waals surface area contributed by atoms with E-state index < -0.39 is 0 Å². The van der Waals surface area contributed by atoms with Gasteiger partial charge in [0.05, 0.1) is 5.01 Å². The van der Waals surface area contributed by atoms with Crippen molar-refractivity contribution in [3.63, 3.8) is 0 Å². The molecule has 0 radical (unpaired) electrons. The predicted molar refractivity (Wildman–Crippen MR) is 70.6 cm³/mol. The van der Waals surface area contributed by atoms with Gasteiger partial charge in [0, 0.05) is 36.0 Å². The Morgan fingerprint density at radius 3 is 2.75 bits per heavy atom. The summed E-state index contributed by atoms with van der Waals surface area (Å²) < 4.78 is 0. The highest BCUT2D eigenvalue weighted by molar-refractivity contribution is 7.11. The van der Waals surface area contributed by atoms with E-state index in [0.717, 1.165) is 19.5 Å². The van der Waals surface area contributed by atoms with Gasteiger partial charge in [-0.1, -0.05) is 20.8 Å². The van der Waals surface area contributed by atoms with Crippen LogP contribution in [-0.4, -0.2) is 11.5 Å². The molecule has 0 fully saturated rings. The molecule has 0 aromatic carbocycles. The second-order valence-electron chi connectivity index (χ2n) is 4.74. The first kappa shape index (κ1) is 13.2. The first-order valence-corrected chi connectivity index (χ1v) is 6.41.